The molecule has 1 atom stereocenters. The maximum absolute atomic E-state index is 12.7. The van der Waals surface area contributed by atoms with Crippen LogP contribution >= 0.6 is 15.9 Å². The fraction of sp³-hybridized carbons (Fsp3) is 0.391. The number of aromatic nitrogens is 2. The van der Waals surface area contributed by atoms with Gasteiger partial charge in [-0.3, -0.25) is 4.90 Å². The van der Waals surface area contributed by atoms with E-state index < -0.39 is 5.60 Å². The van der Waals surface area contributed by atoms with Crippen LogP contribution in [-0.2, 0) is 4.74 Å². The molecule has 0 bridgehead atoms. The van der Waals surface area contributed by atoms with Gasteiger partial charge >= 0.3 is 6.09 Å². The van der Waals surface area contributed by atoms with Crippen LogP contribution in [-0.4, -0.2) is 33.1 Å². The Morgan fingerprint density at radius 2 is 1.93 bits per heavy atom. The van der Waals surface area contributed by atoms with Gasteiger partial charge in [0, 0.05) is 16.6 Å². The Hall–Kier alpha value is -2.34. The molecule has 2 heterocycles. The molecule has 1 amide bonds. The number of imidazole rings is 1. The van der Waals surface area contributed by atoms with Crippen LogP contribution in [0.5, 0.6) is 0 Å². The van der Waals surface area contributed by atoms with E-state index in [2.05, 4.69) is 56.2 Å². The molecule has 1 N–H and O–H groups in total. The van der Waals surface area contributed by atoms with Gasteiger partial charge in [-0.15, -0.1) is 0 Å². The van der Waals surface area contributed by atoms with Crippen LogP contribution in [0.15, 0.2) is 47.1 Å². The Morgan fingerprint density at radius 3 is 2.72 bits per heavy atom. The molecule has 6 heteroatoms. The summed E-state index contributed by atoms with van der Waals surface area (Å²) in [5, 5.41) is 2.36. The lowest BCUT2D eigenvalue weighted by molar-refractivity contribution is 0.00854. The van der Waals surface area contributed by atoms with E-state index in [0.717, 1.165) is 40.8 Å². The summed E-state index contributed by atoms with van der Waals surface area (Å²) in [5.74, 6) is 0.821. The second-order valence-corrected chi connectivity index (χ2v) is 9.49. The van der Waals surface area contributed by atoms with Crippen LogP contribution in [0.1, 0.15) is 51.9 Å². The van der Waals surface area contributed by atoms with E-state index in [4.69, 9.17) is 4.74 Å². The summed E-state index contributed by atoms with van der Waals surface area (Å²) in [7, 11) is 0. The van der Waals surface area contributed by atoms with Crippen LogP contribution < -0.4 is 0 Å². The molecule has 1 saturated heterocycles. The second-order valence-electron chi connectivity index (χ2n) is 8.57. The zero-order chi connectivity index (χ0) is 20.6. The molecule has 0 unspecified atom stereocenters. The van der Waals surface area contributed by atoms with Crippen molar-refractivity contribution in [3.05, 3.63) is 52.9 Å². The van der Waals surface area contributed by atoms with E-state index in [9.17, 15) is 4.79 Å². The highest BCUT2D eigenvalue weighted by Gasteiger charge is 2.33. The van der Waals surface area contributed by atoms with E-state index in [1.807, 2.05) is 37.9 Å². The van der Waals surface area contributed by atoms with Gasteiger partial charge in [0.15, 0.2) is 0 Å². The first-order valence-electron chi connectivity index (χ1n) is 10.0. The SMILES string of the molecule is CC(C)(C)OC(=O)N1CCCC[C@H]1c1ncc(-c2ccc3cc(Br)ccc3c2)[nH]1. The monoisotopic (exact) mass is 455 g/mol. The normalized spacial score (nSPS) is 17.5. The van der Waals surface area contributed by atoms with E-state index in [1.54, 1.807) is 0 Å². The molecule has 1 fully saturated rings. The third-order valence-electron chi connectivity index (χ3n) is 5.16. The molecule has 1 aliphatic heterocycles. The molecule has 2 aromatic carbocycles. The fourth-order valence-electron chi connectivity index (χ4n) is 3.79. The van der Waals surface area contributed by atoms with Crippen LogP contribution in [0.25, 0.3) is 22.0 Å². The molecule has 29 heavy (non-hydrogen) atoms. The van der Waals surface area contributed by atoms with Gasteiger partial charge in [-0.25, -0.2) is 9.78 Å². The number of H-pyrrole nitrogens is 1. The second kappa shape index (κ2) is 7.82. The van der Waals surface area contributed by atoms with Crippen LogP contribution in [0.3, 0.4) is 0 Å². The summed E-state index contributed by atoms with van der Waals surface area (Å²) >= 11 is 3.52. The first kappa shape index (κ1) is 20.0. The average molecular weight is 456 g/mol. The molecular formula is C23H26BrN3O2. The highest BCUT2D eigenvalue weighted by atomic mass is 79.9. The van der Waals surface area contributed by atoms with Crippen LogP contribution in [0, 0.1) is 0 Å². The molecule has 5 nitrogen and oxygen atoms in total. The third kappa shape index (κ3) is 4.47. The van der Waals surface area contributed by atoms with Crippen molar-refractivity contribution in [2.24, 2.45) is 0 Å². The molecule has 1 aromatic heterocycles. The quantitative estimate of drug-likeness (QED) is 0.482. The Bertz CT molecular complexity index is 1040. The van der Waals surface area contributed by atoms with Crippen molar-refractivity contribution < 1.29 is 9.53 Å². The van der Waals surface area contributed by atoms with Gasteiger partial charge in [-0.2, -0.15) is 0 Å². The minimum absolute atomic E-state index is 0.0799. The summed E-state index contributed by atoms with van der Waals surface area (Å²) in [6, 6.07) is 12.5. The number of halogens is 1. The minimum atomic E-state index is -0.506. The third-order valence-corrected chi connectivity index (χ3v) is 5.65. The molecule has 1 aliphatic rings. The highest BCUT2D eigenvalue weighted by molar-refractivity contribution is 9.10. The summed E-state index contributed by atoms with van der Waals surface area (Å²) in [5.41, 5.74) is 1.53. The van der Waals surface area contributed by atoms with Gasteiger partial charge < -0.3 is 9.72 Å². The molecule has 152 valence electrons. The Morgan fingerprint density at radius 1 is 1.17 bits per heavy atom. The van der Waals surface area contributed by atoms with Crippen molar-refractivity contribution in [3.63, 3.8) is 0 Å². The zero-order valence-corrected chi connectivity index (χ0v) is 18.6. The Labute approximate surface area is 179 Å². The lowest BCUT2D eigenvalue weighted by Crippen LogP contribution is -2.42. The number of piperidine rings is 1. The standard InChI is InChI=1S/C23H26BrN3O2/c1-23(2,3)29-22(28)27-11-5-4-6-20(27)21-25-14-19(26-21)17-8-7-16-13-18(24)10-9-15(16)12-17/h7-10,12-14,20H,4-6,11H2,1-3H3,(H,25,26)/t20-/m0/s1. The fourth-order valence-corrected chi connectivity index (χ4v) is 4.17. The largest absolute Gasteiger partial charge is 0.444 e. The summed E-state index contributed by atoms with van der Waals surface area (Å²) in [6.45, 7) is 6.38. The van der Waals surface area contributed by atoms with Crippen LogP contribution in [0.2, 0.25) is 0 Å². The smallest absolute Gasteiger partial charge is 0.410 e. The number of carbonyl (C=O) groups excluding carboxylic acids is 1. The topological polar surface area (TPSA) is 58.2 Å². The summed E-state index contributed by atoms with van der Waals surface area (Å²) in [6.07, 6.45) is 4.54. The van der Waals surface area contributed by atoms with Gasteiger partial charge in [-0.1, -0.05) is 34.1 Å². The Kier molecular flexibility index (Phi) is 5.38. The molecule has 0 radical (unpaired) electrons. The molecule has 0 aliphatic carbocycles. The van der Waals surface area contributed by atoms with Gasteiger partial charge in [0.25, 0.3) is 0 Å². The highest BCUT2D eigenvalue weighted by Crippen LogP contribution is 2.32. The van der Waals surface area contributed by atoms with Crippen molar-refractivity contribution >= 4 is 32.8 Å². The number of carbonyl (C=O) groups is 1. The van der Waals surface area contributed by atoms with Crippen molar-refractivity contribution in [2.75, 3.05) is 6.54 Å². The molecular weight excluding hydrogens is 430 g/mol. The first-order valence-corrected chi connectivity index (χ1v) is 10.8. The number of ether oxygens (including phenoxy) is 1. The summed E-state index contributed by atoms with van der Waals surface area (Å²) in [4.78, 5) is 22.6. The number of likely N-dealkylation sites (tertiary alicyclic amines) is 1. The lowest BCUT2D eigenvalue weighted by atomic mass is 10.0. The van der Waals surface area contributed by atoms with E-state index in [-0.39, 0.29) is 12.1 Å². The van der Waals surface area contributed by atoms with Gasteiger partial charge in [0.05, 0.1) is 17.9 Å². The van der Waals surface area contributed by atoms with Crippen molar-refractivity contribution in [2.45, 2.75) is 51.7 Å². The number of benzene rings is 2. The molecule has 4 rings (SSSR count). The van der Waals surface area contributed by atoms with E-state index >= 15 is 0 Å². The first-order chi connectivity index (χ1) is 13.8. The van der Waals surface area contributed by atoms with Gasteiger partial charge in [0.1, 0.15) is 11.4 Å². The van der Waals surface area contributed by atoms with Crippen molar-refractivity contribution in [3.8, 4) is 11.3 Å². The zero-order valence-electron chi connectivity index (χ0n) is 17.0. The maximum atomic E-state index is 12.7. The predicted molar refractivity (Wildman–Crippen MR) is 119 cm³/mol. The lowest BCUT2D eigenvalue weighted by Gasteiger charge is -2.35. The molecule has 3 aromatic rings. The number of nitrogens with zero attached hydrogens (tertiary/aromatic N) is 2. The number of rotatable bonds is 2. The number of nitrogens with one attached hydrogen (secondary N) is 1. The molecule has 0 saturated carbocycles. The number of aromatic amines is 1. The Balaban J connectivity index is 1.60. The number of hydrogen-bond donors (Lipinski definition) is 1. The van der Waals surface area contributed by atoms with Gasteiger partial charge in [-0.05, 0) is 69.0 Å². The van der Waals surface area contributed by atoms with E-state index in [0.29, 0.717) is 6.54 Å². The van der Waals surface area contributed by atoms with Gasteiger partial charge in [0.2, 0.25) is 0 Å². The van der Waals surface area contributed by atoms with Crippen molar-refractivity contribution in [1.82, 2.24) is 14.9 Å². The number of fused-ring (bicyclic) bond motifs is 1. The van der Waals surface area contributed by atoms with Crippen molar-refractivity contribution in [1.29, 1.82) is 0 Å². The number of amides is 1. The maximum Gasteiger partial charge on any atom is 0.410 e. The summed E-state index contributed by atoms with van der Waals surface area (Å²) < 4.78 is 6.69. The number of hydrogen-bond acceptors (Lipinski definition) is 3. The minimum Gasteiger partial charge on any atom is -0.444 e. The van der Waals surface area contributed by atoms with E-state index in [1.165, 1.54) is 10.8 Å². The predicted octanol–water partition coefficient (Wildman–Crippen LogP) is 6.45. The molecule has 0 spiro atoms. The average Bonchev–Trinajstić information content (AvgIpc) is 3.16. The van der Waals surface area contributed by atoms with Crippen LogP contribution in [0.4, 0.5) is 4.79 Å².